The van der Waals surface area contributed by atoms with Gasteiger partial charge in [-0.15, -0.1) is 0 Å². The minimum atomic E-state index is 0.817. The number of halogens is 1. The first kappa shape index (κ1) is 15.1. The van der Waals surface area contributed by atoms with Crippen LogP contribution >= 0.6 is 11.6 Å². The SMILES string of the molecule is CCCc1cccc(-c2ccc(Cl)c(CNCC)c2)c1. The summed E-state index contributed by atoms with van der Waals surface area (Å²) in [5.74, 6) is 0. The molecule has 0 fully saturated rings. The van der Waals surface area contributed by atoms with Gasteiger partial charge >= 0.3 is 0 Å². The predicted molar refractivity (Wildman–Crippen MR) is 88.3 cm³/mol. The molecular formula is C18H22ClN. The Hall–Kier alpha value is -1.31. The Kier molecular flexibility index (Phi) is 5.63. The number of nitrogens with one attached hydrogen (secondary N) is 1. The molecule has 0 atom stereocenters. The van der Waals surface area contributed by atoms with Crippen LogP contribution in [-0.4, -0.2) is 6.54 Å². The zero-order chi connectivity index (χ0) is 14.4. The first-order valence-corrected chi connectivity index (χ1v) is 7.70. The fraction of sp³-hybridized carbons (Fsp3) is 0.333. The molecule has 0 spiro atoms. The van der Waals surface area contributed by atoms with Crippen LogP contribution in [0, 0.1) is 0 Å². The molecule has 0 aliphatic carbocycles. The van der Waals surface area contributed by atoms with Crippen LogP contribution in [0.3, 0.4) is 0 Å². The Morgan fingerprint density at radius 2 is 1.80 bits per heavy atom. The molecule has 0 saturated carbocycles. The summed E-state index contributed by atoms with van der Waals surface area (Å²) in [5.41, 5.74) is 5.06. The van der Waals surface area contributed by atoms with E-state index in [4.69, 9.17) is 11.6 Å². The molecular weight excluding hydrogens is 266 g/mol. The predicted octanol–water partition coefficient (Wildman–Crippen LogP) is 5.07. The second-order valence-electron chi connectivity index (χ2n) is 5.04. The molecule has 0 radical (unpaired) electrons. The highest BCUT2D eigenvalue weighted by Crippen LogP contribution is 2.26. The molecule has 2 rings (SSSR count). The van der Waals surface area contributed by atoms with Crippen molar-refractivity contribution in [2.75, 3.05) is 6.54 Å². The molecule has 0 unspecified atom stereocenters. The molecule has 0 heterocycles. The van der Waals surface area contributed by atoms with Gasteiger partial charge < -0.3 is 5.32 Å². The van der Waals surface area contributed by atoms with Gasteiger partial charge in [0.1, 0.15) is 0 Å². The molecule has 0 aromatic heterocycles. The van der Waals surface area contributed by atoms with E-state index in [1.807, 2.05) is 6.07 Å². The number of hydrogen-bond acceptors (Lipinski definition) is 1. The second kappa shape index (κ2) is 7.47. The Balaban J connectivity index is 2.30. The van der Waals surface area contributed by atoms with Crippen molar-refractivity contribution in [2.45, 2.75) is 33.2 Å². The normalized spacial score (nSPS) is 10.8. The maximum absolute atomic E-state index is 6.26. The van der Waals surface area contributed by atoms with Crippen LogP contribution in [0.2, 0.25) is 5.02 Å². The topological polar surface area (TPSA) is 12.0 Å². The third-order valence-electron chi connectivity index (χ3n) is 3.41. The van der Waals surface area contributed by atoms with Gasteiger partial charge in [-0.1, -0.05) is 62.2 Å². The first-order chi connectivity index (χ1) is 9.74. The van der Waals surface area contributed by atoms with Crippen LogP contribution in [0.1, 0.15) is 31.4 Å². The van der Waals surface area contributed by atoms with Crippen molar-refractivity contribution in [3.05, 3.63) is 58.6 Å². The zero-order valence-electron chi connectivity index (χ0n) is 12.2. The van der Waals surface area contributed by atoms with Crippen molar-refractivity contribution in [2.24, 2.45) is 0 Å². The van der Waals surface area contributed by atoms with Crippen molar-refractivity contribution in [1.29, 1.82) is 0 Å². The van der Waals surface area contributed by atoms with E-state index >= 15 is 0 Å². The van der Waals surface area contributed by atoms with E-state index in [0.717, 1.165) is 30.1 Å². The monoisotopic (exact) mass is 287 g/mol. The summed E-state index contributed by atoms with van der Waals surface area (Å²) in [6, 6.07) is 15.1. The van der Waals surface area contributed by atoms with Crippen LogP contribution in [0.15, 0.2) is 42.5 Å². The highest BCUT2D eigenvalue weighted by molar-refractivity contribution is 6.31. The van der Waals surface area contributed by atoms with E-state index in [2.05, 4.69) is 55.6 Å². The van der Waals surface area contributed by atoms with Gasteiger partial charge in [0, 0.05) is 11.6 Å². The number of rotatable bonds is 6. The Labute approximate surface area is 127 Å². The number of benzene rings is 2. The summed E-state index contributed by atoms with van der Waals surface area (Å²) in [6.07, 6.45) is 2.31. The third-order valence-corrected chi connectivity index (χ3v) is 3.78. The molecule has 0 aliphatic rings. The average molecular weight is 288 g/mol. The fourth-order valence-electron chi connectivity index (χ4n) is 2.34. The first-order valence-electron chi connectivity index (χ1n) is 7.33. The summed E-state index contributed by atoms with van der Waals surface area (Å²) in [7, 11) is 0. The molecule has 2 heteroatoms. The van der Waals surface area contributed by atoms with Crippen molar-refractivity contribution in [1.82, 2.24) is 5.32 Å². The summed E-state index contributed by atoms with van der Waals surface area (Å²) >= 11 is 6.26. The second-order valence-corrected chi connectivity index (χ2v) is 5.44. The molecule has 0 amide bonds. The maximum atomic E-state index is 6.26. The highest BCUT2D eigenvalue weighted by Gasteiger charge is 2.04. The van der Waals surface area contributed by atoms with Gasteiger partial charge in [-0.25, -0.2) is 0 Å². The summed E-state index contributed by atoms with van der Waals surface area (Å²) in [6.45, 7) is 6.08. The fourth-order valence-corrected chi connectivity index (χ4v) is 2.53. The molecule has 1 N–H and O–H groups in total. The van der Waals surface area contributed by atoms with Crippen molar-refractivity contribution in [3.8, 4) is 11.1 Å². The van der Waals surface area contributed by atoms with E-state index in [1.54, 1.807) is 0 Å². The lowest BCUT2D eigenvalue weighted by atomic mass is 9.99. The van der Waals surface area contributed by atoms with Crippen molar-refractivity contribution in [3.63, 3.8) is 0 Å². The van der Waals surface area contributed by atoms with Gasteiger partial charge in [0.25, 0.3) is 0 Å². The highest BCUT2D eigenvalue weighted by atomic mass is 35.5. The largest absolute Gasteiger partial charge is 0.313 e. The van der Waals surface area contributed by atoms with Gasteiger partial charge in [0.2, 0.25) is 0 Å². The van der Waals surface area contributed by atoms with E-state index < -0.39 is 0 Å². The Morgan fingerprint density at radius 1 is 1.00 bits per heavy atom. The molecule has 2 aromatic rings. The molecule has 20 heavy (non-hydrogen) atoms. The minimum Gasteiger partial charge on any atom is -0.313 e. The van der Waals surface area contributed by atoms with Gasteiger partial charge in [-0.05, 0) is 47.4 Å². The van der Waals surface area contributed by atoms with E-state index in [0.29, 0.717) is 0 Å². The number of hydrogen-bond donors (Lipinski definition) is 1. The summed E-state index contributed by atoms with van der Waals surface area (Å²) in [4.78, 5) is 0. The lowest BCUT2D eigenvalue weighted by Crippen LogP contribution is -2.12. The quantitative estimate of drug-likeness (QED) is 0.782. The molecule has 106 valence electrons. The Bertz CT molecular complexity index is 563. The third kappa shape index (κ3) is 3.84. The van der Waals surface area contributed by atoms with E-state index in [-0.39, 0.29) is 0 Å². The standard InChI is InChI=1S/C18H22ClN/c1-3-6-14-7-5-8-15(11-14)16-9-10-18(19)17(12-16)13-20-4-2/h5,7-12,20H,3-4,6,13H2,1-2H3. The maximum Gasteiger partial charge on any atom is 0.0451 e. The summed E-state index contributed by atoms with van der Waals surface area (Å²) in [5, 5.41) is 4.16. The minimum absolute atomic E-state index is 0.817. The van der Waals surface area contributed by atoms with E-state index in [1.165, 1.54) is 23.1 Å². The molecule has 0 saturated heterocycles. The zero-order valence-corrected chi connectivity index (χ0v) is 13.0. The molecule has 0 bridgehead atoms. The van der Waals surface area contributed by atoms with Crippen LogP contribution in [0.25, 0.3) is 11.1 Å². The smallest absolute Gasteiger partial charge is 0.0451 e. The van der Waals surface area contributed by atoms with Gasteiger partial charge in [0.05, 0.1) is 0 Å². The van der Waals surface area contributed by atoms with Crippen molar-refractivity contribution >= 4 is 11.6 Å². The lowest BCUT2D eigenvalue weighted by molar-refractivity contribution is 0.727. The van der Waals surface area contributed by atoms with Gasteiger partial charge in [0.15, 0.2) is 0 Å². The summed E-state index contributed by atoms with van der Waals surface area (Å²) < 4.78 is 0. The van der Waals surface area contributed by atoms with Gasteiger partial charge in [-0.2, -0.15) is 0 Å². The Morgan fingerprint density at radius 3 is 2.55 bits per heavy atom. The molecule has 1 nitrogen and oxygen atoms in total. The number of aryl methyl sites for hydroxylation is 1. The van der Waals surface area contributed by atoms with Crippen molar-refractivity contribution < 1.29 is 0 Å². The van der Waals surface area contributed by atoms with Crippen LogP contribution < -0.4 is 5.32 Å². The van der Waals surface area contributed by atoms with Gasteiger partial charge in [-0.3, -0.25) is 0 Å². The molecule has 0 aliphatic heterocycles. The van der Waals surface area contributed by atoms with Crippen LogP contribution in [0.5, 0.6) is 0 Å². The lowest BCUT2D eigenvalue weighted by Gasteiger charge is -2.09. The van der Waals surface area contributed by atoms with E-state index in [9.17, 15) is 0 Å². The molecule has 2 aromatic carbocycles. The van der Waals surface area contributed by atoms with Crippen LogP contribution in [-0.2, 0) is 13.0 Å². The average Bonchev–Trinajstić information content (AvgIpc) is 2.47. The van der Waals surface area contributed by atoms with Crippen LogP contribution in [0.4, 0.5) is 0 Å².